The molecule has 0 aromatic carbocycles. The quantitative estimate of drug-likeness (QED) is 0.681. The molecule has 0 amide bonds. The first kappa shape index (κ1) is 9.92. The monoisotopic (exact) mass is 205 g/mol. The lowest BCUT2D eigenvalue weighted by Gasteiger charge is -1.99. The summed E-state index contributed by atoms with van der Waals surface area (Å²) < 4.78 is 0. The molecular weight excluding hydrogens is 190 g/mol. The molecule has 0 aliphatic carbocycles. The molecule has 0 atom stereocenters. The molecule has 2 aromatic heterocycles. The van der Waals surface area contributed by atoms with Gasteiger partial charge in [0.1, 0.15) is 5.82 Å². The third kappa shape index (κ3) is 2.24. The minimum Gasteiger partial charge on any atom is -0.346 e. The number of nitrogens with one attached hydrogen (secondary N) is 2. The molecule has 0 radical (unpaired) electrons. The number of hydrogen-bond acceptors (Lipinski definition) is 3. The normalized spacial score (nSPS) is 10.8. The highest BCUT2D eigenvalue weighted by atomic mass is 15.1. The maximum atomic E-state index is 5.51. The van der Waals surface area contributed by atoms with Crippen molar-refractivity contribution >= 4 is 0 Å². The summed E-state index contributed by atoms with van der Waals surface area (Å²) >= 11 is 0. The molecule has 4 N–H and O–H groups in total. The van der Waals surface area contributed by atoms with Crippen LogP contribution in [0.25, 0.3) is 0 Å². The van der Waals surface area contributed by atoms with Gasteiger partial charge in [0.15, 0.2) is 0 Å². The third-order valence-corrected chi connectivity index (χ3v) is 2.32. The third-order valence-electron chi connectivity index (χ3n) is 2.32. The van der Waals surface area contributed by atoms with E-state index in [1.54, 1.807) is 0 Å². The zero-order chi connectivity index (χ0) is 10.7. The average Bonchev–Trinajstić information content (AvgIpc) is 2.78. The summed E-state index contributed by atoms with van der Waals surface area (Å²) in [6, 6.07) is 0. The van der Waals surface area contributed by atoms with E-state index in [4.69, 9.17) is 5.73 Å². The van der Waals surface area contributed by atoms with Crippen LogP contribution in [-0.4, -0.2) is 26.7 Å². The van der Waals surface area contributed by atoms with Crippen molar-refractivity contribution in [3.63, 3.8) is 0 Å². The molecule has 0 unspecified atom stereocenters. The van der Waals surface area contributed by atoms with Crippen molar-refractivity contribution in [2.75, 3.05) is 6.54 Å². The van der Waals surface area contributed by atoms with Gasteiger partial charge in [0, 0.05) is 36.0 Å². The number of H-pyrrole nitrogens is 2. The van der Waals surface area contributed by atoms with E-state index in [9.17, 15) is 0 Å². The van der Waals surface area contributed by atoms with Gasteiger partial charge in [0.05, 0.1) is 6.20 Å². The molecule has 80 valence electrons. The maximum absolute atomic E-state index is 5.51. The van der Waals surface area contributed by atoms with Gasteiger partial charge in [-0.1, -0.05) is 0 Å². The number of aromatic amines is 2. The van der Waals surface area contributed by atoms with E-state index in [0.717, 1.165) is 35.6 Å². The number of aryl methyl sites for hydroxylation is 1. The predicted molar refractivity (Wildman–Crippen MR) is 57.5 cm³/mol. The summed E-state index contributed by atoms with van der Waals surface area (Å²) in [6.07, 6.45) is 5.27. The van der Waals surface area contributed by atoms with E-state index in [-0.39, 0.29) is 0 Å². The molecule has 0 saturated carbocycles. The lowest BCUT2D eigenvalue weighted by Crippen LogP contribution is -2.05. The Balaban J connectivity index is 2.13. The number of rotatable bonds is 4. The molecule has 0 aliphatic rings. The highest BCUT2D eigenvalue weighted by Gasteiger charge is 2.06. The summed E-state index contributed by atoms with van der Waals surface area (Å²) in [5.74, 6) is 0.965. The first-order valence-corrected chi connectivity index (χ1v) is 5.01. The molecule has 2 rings (SSSR count). The van der Waals surface area contributed by atoms with E-state index in [1.165, 1.54) is 0 Å². The van der Waals surface area contributed by atoms with Crippen LogP contribution in [0.2, 0.25) is 0 Å². The van der Waals surface area contributed by atoms with Gasteiger partial charge in [0.2, 0.25) is 0 Å². The van der Waals surface area contributed by atoms with E-state index in [0.29, 0.717) is 6.54 Å². The van der Waals surface area contributed by atoms with Crippen LogP contribution in [0.4, 0.5) is 0 Å². The van der Waals surface area contributed by atoms with Gasteiger partial charge in [0.25, 0.3) is 0 Å². The van der Waals surface area contributed by atoms with Gasteiger partial charge in [-0.25, -0.2) is 4.98 Å². The molecule has 5 nitrogen and oxygen atoms in total. The Kier molecular flexibility index (Phi) is 2.82. The van der Waals surface area contributed by atoms with Crippen LogP contribution in [0.3, 0.4) is 0 Å². The molecular formula is C10H15N5. The maximum Gasteiger partial charge on any atom is 0.110 e. The van der Waals surface area contributed by atoms with Crippen LogP contribution >= 0.6 is 0 Å². The fourth-order valence-electron chi connectivity index (χ4n) is 1.59. The number of nitrogens with zero attached hydrogens (tertiary/aromatic N) is 2. The largest absolute Gasteiger partial charge is 0.346 e. The smallest absolute Gasteiger partial charge is 0.110 e. The lowest BCUT2D eigenvalue weighted by molar-refractivity contribution is 0.883. The number of hydrogen-bond donors (Lipinski definition) is 3. The van der Waals surface area contributed by atoms with Gasteiger partial charge in [-0.3, -0.25) is 5.10 Å². The highest BCUT2D eigenvalue weighted by molar-refractivity contribution is 5.21. The summed E-state index contributed by atoms with van der Waals surface area (Å²) in [6.45, 7) is 2.62. The van der Waals surface area contributed by atoms with Crippen molar-refractivity contribution in [3.05, 3.63) is 35.2 Å². The second-order valence-electron chi connectivity index (χ2n) is 3.60. The Hall–Kier alpha value is -1.62. The molecule has 0 fully saturated rings. The number of imidazole rings is 1. The first-order valence-electron chi connectivity index (χ1n) is 5.01. The van der Waals surface area contributed by atoms with Gasteiger partial charge < -0.3 is 10.7 Å². The summed E-state index contributed by atoms with van der Waals surface area (Å²) in [7, 11) is 0. The van der Waals surface area contributed by atoms with Crippen molar-refractivity contribution in [1.82, 2.24) is 20.2 Å². The average molecular weight is 205 g/mol. The molecule has 0 bridgehead atoms. The number of aromatic nitrogens is 4. The predicted octanol–water partition coefficient (Wildman–Crippen LogP) is 0.533. The minimum atomic E-state index is 0.631. The first-order chi connectivity index (χ1) is 7.29. The Morgan fingerprint density at radius 3 is 2.93 bits per heavy atom. The SMILES string of the molecule is Cc1cnc(Cc2cn[nH]c2CCN)[nH]1. The second-order valence-corrected chi connectivity index (χ2v) is 3.60. The van der Waals surface area contributed by atoms with Crippen molar-refractivity contribution in [3.8, 4) is 0 Å². The van der Waals surface area contributed by atoms with Gasteiger partial charge in [-0.05, 0) is 13.5 Å². The van der Waals surface area contributed by atoms with E-state index >= 15 is 0 Å². The van der Waals surface area contributed by atoms with Crippen LogP contribution in [0.15, 0.2) is 12.4 Å². The zero-order valence-corrected chi connectivity index (χ0v) is 8.75. The van der Waals surface area contributed by atoms with Crippen LogP contribution < -0.4 is 5.73 Å². The molecule has 0 spiro atoms. The Labute approximate surface area is 88.1 Å². The van der Waals surface area contributed by atoms with Crippen LogP contribution in [-0.2, 0) is 12.8 Å². The molecule has 2 heterocycles. The molecule has 5 heteroatoms. The fraction of sp³-hybridized carbons (Fsp3) is 0.400. The van der Waals surface area contributed by atoms with Crippen molar-refractivity contribution in [2.24, 2.45) is 5.73 Å². The summed E-state index contributed by atoms with van der Waals surface area (Å²) in [5, 5.41) is 6.98. The standard InChI is InChI=1S/C10H15N5/c1-7-5-12-10(14-7)4-8-6-13-15-9(8)2-3-11/h5-6H,2-4,11H2,1H3,(H,12,14)(H,13,15). The van der Waals surface area contributed by atoms with Crippen LogP contribution in [0, 0.1) is 6.92 Å². The summed E-state index contributed by atoms with van der Waals surface area (Å²) in [5.41, 5.74) is 8.86. The zero-order valence-electron chi connectivity index (χ0n) is 8.75. The fourth-order valence-corrected chi connectivity index (χ4v) is 1.59. The van der Waals surface area contributed by atoms with Crippen molar-refractivity contribution in [2.45, 2.75) is 19.8 Å². The molecule has 2 aromatic rings. The molecule has 0 aliphatic heterocycles. The highest BCUT2D eigenvalue weighted by Crippen LogP contribution is 2.10. The summed E-state index contributed by atoms with van der Waals surface area (Å²) in [4.78, 5) is 7.46. The van der Waals surface area contributed by atoms with Crippen molar-refractivity contribution < 1.29 is 0 Å². The van der Waals surface area contributed by atoms with E-state index in [1.807, 2.05) is 19.3 Å². The van der Waals surface area contributed by atoms with E-state index in [2.05, 4.69) is 20.2 Å². The number of nitrogens with two attached hydrogens (primary N) is 1. The van der Waals surface area contributed by atoms with Crippen LogP contribution in [0.1, 0.15) is 22.8 Å². The van der Waals surface area contributed by atoms with Gasteiger partial charge in [-0.2, -0.15) is 5.10 Å². The topological polar surface area (TPSA) is 83.4 Å². The Morgan fingerprint density at radius 2 is 2.27 bits per heavy atom. The lowest BCUT2D eigenvalue weighted by atomic mass is 10.1. The van der Waals surface area contributed by atoms with Gasteiger partial charge in [-0.15, -0.1) is 0 Å². The van der Waals surface area contributed by atoms with Crippen LogP contribution in [0.5, 0.6) is 0 Å². The molecule has 15 heavy (non-hydrogen) atoms. The van der Waals surface area contributed by atoms with Crippen molar-refractivity contribution in [1.29, 1.82) is 0 Å². The second kappa shape index (κ2) is 4.27. The Morgan fingerprint density at radius 1 is 1.40 bits per heavy atom. The molecule has 0 saturated heterocycles. The van der Waals surface area contributed by atoms with Gasteiger partial charge >= 0.3 is 0 Å². The Bertz CT molecular complexity index is 428. The van der Waals surface area contributed by atoms with E-state index < -0.39 is 0 Å². The minimum absolute atomic E-state index is 0.631.